The lowest BCUT2D eigenvalue weighted by Crippen LogP contribution is -2.31. The van der Waals surface area contributed by atoms with Gasteiger partial charge in [0.25, 0.3) is 0 Å². The third-order valence-electron chi connectivity index (χ3n) is 2.14. The third kappa shape index (κ3) is 4.27. The summed E-state index contributed by atoms with van der Waals surface area (Å²) in [6.45, 7) is 8.10. The monoisotopic (exact) mass is 237 g/mol. The van der Waals surface area contributed by atoms with Crippen molar-refractivity contribution < 1.29 is 4.79 Å². The number of amides is 1. The van der Waals surface area contributed by atoms with Crippen LogP contribution in [0, 0.1) is 13.8 Å². The maximum atomic E-state index is 11.5. The zero-order chi connectivity index (χ0) is 12.1. The number of nitrogens with one attached hydrogen (secondary N) is 1. The van der Waals surface area contributed by atoms with Gasteiger partial charge in [-0.1, -0.05) is 17.7 Å². The molecule has 0 radical (unpaired) electrons. The molecule has 3 heteroatoms. The Morgan fingerprint density at radius 1 is 1.38 bits per heavy atom. The smallest absolute Gasteiger partial charge is 0.230 e. The molecular formula is C13H19NOS. The van der Waals surface area contributed by atoms with Gasteiger partial charge in [-0.15, -0.1) is 11.8 Å². The molecule has 0 saturated heterocycles. The number of benzene rings is 1. The molecule has 0 atom stereocenters. The maximum absolute atomic E-state index is 11.5. The second-order valence-corrected chi connectivity index (χ2v) is 5.30. The Balaban J connectivity index is 2.51. The van der Waals surface area contributed by atoms with Crippen LogP contribution < -0.4 is 5.32 Å². The molecule has 2 nitrogen and oxygen atoms in total. The fourth-order valence-corrected chi connectivity index (χ4v) is 2.29. The lowest BCUT2D eigenvalue weighted by atomic mass is 10.2. The van der Waals surface area contributed by atoms with Crippen LogP contribution in [0.25, 0.3) is 0 Å². The summed E-state index contributed by atoms with van der Waals surface area (Å²) < 4.78 is 0. The van der Waals surface area contributed by atoms with Crippen LogP contribution in [0.5, 0.6) is 0 Å². The molecule has 0 fully saturated rings. The van der Waals surface area contributed by atoms with Crippen LogP contribution in [0.3, 0.4) is 0 Å². The van der Waals surface area contributed by atoms with Crippen molar-refractivity contribution in [2.24, 2.45) is 0 Å². The predicted molar refractivity (Wildman–Crippen MR) is 69.9 cm³/mol. The van der Waals surface area contributed by atoms with Gasteiger partial charge in [0.1, 0.15) is 0 Å². The summed E-state index contributed by atoms with van der Waals surface area (Å²) in [4.78, 5) is 12.7. The first-order valence-electron chi connectivity index (χ1n) is 5.48. The SMILES string of the molecule is Cc1ccc(SCC(=O)NC(C)C)c(C)c1. The van der Waals surface area contributed by atoms with Crippen molar-refractivity contribution in [3.8, 4) is 0 Å². The van der Waals surface area contributed by atoms with Gasteiger partial charge >= 0.3 is 0 Å². The topological polar surface area (TPSA) is 29.1 Å². The molecule has 1 aromatic carbocycles. The van der Waals surface area contributed by atoms with E-state index in [1.165, 1.54) is 16.0 Å². The lowest BCUT2D eigenvalue weighted by Gasteiger charge is -2.09. The van der Waals surface area contributed by atoms with Crippen LogP contribution in [0.1, 0.15) is 25.0 Å². The number of thioether (sulfide) groups is 1. The van der Waals surface area contributed by atoms with Crippen molar-refractivity contribution in [1.82, 2.24) is 5.32 Å². The highest BCUT2D eigenvalue weighted by molar-refractivity contribution is 8.00. The second-order valence-electron chi connectivity index (χ2n) is 4.28. The number of carbonyl (C=O) groups is 1. The van der Waals surface area contributed by atoms with Gasteiger partial charge in [0, 0.05) is 10.9 Å². The van der Waals surface area contributed by atoms with Crippen LogP contribution >= 0.6 is 11.8 Å². The van der Waals surface area contributed by atoms with E-state index in [1.54, 1.807) is 11.8 Å². The van der Waals surface area contributed by atoms with Gasteiger partial charge in [0.2, 0.25) is 5.91 Å². The van der Waals surface area contributed by atoms with E-state index in [1.807, 2.05) is 13.8 Å². The molecular weight excluding hydrogens is 218 g/mol. The lowest BCUT2D eigenvalue weighted by molar-refractivity contribution is -0.119. The number of rotatable bonds is 4. The van der Waals surface area contributed by atoms with Crippen molar-refractivity contribution in [2.75, 3.05) is 5.75 Å². The first-order valence-corrected chi connectivity index (χ1v) is 6.47. The van der Waals surface area contributed by atoms with E-state index in [4.69, 9.17) is 0 Å². The molecule has 0 saturated carbocycles. The van der Waals surface area contributed by atoms with Gasteiger partial charge in [0.15, 0.2) is 0 Å². The van der Waals surface area contributed by atoms with Crippen molar-refractivity contribution in [1.29, 1.82) is 0 Å². The fraction of sp³-hybridized carbons (Fsp3) is 0.462. The van der Waals surface area contributed by atoms with E-state index in [0.717, 1.165) is 0 Å². The summed E-state index contributed by atoms with van der Waals surface area (Å²) in [5, 5.41) is 2.88. The molecule has 1 N–H and O–H groups in total. The Labute approximate surface area is 102 Å². The van der Waals surface area contributed by atoms with E-state index in [-0.39, 0.29) is 11.9 Å². The summed E-state index contributed by atoms with van der Waals surface area (Å²) in [7, 11) is 0. The first-order chi connectivity index (χ1) is 7.49. The average Bonchev–Trinajstić information content (AvgIpc) is 2.15. The minimum atomic E-state index is 0.0972. The van der Waals surface area contributed by atoms with Crippen LogP contribution in [-0.4, -0.2) is 17.7 Å². The van der Waals surface area contributed by atoms with E-state index in [2.05, 4.69) is 37.4 Å². The Morgan fingerprint density at radius 3 is 2.62 bits per heavy atom. The van der Waals surface area contributed by atoms with E-state index >= 15 is 0 Å². The average molecular weight is 237 g/mol. The molecule has 0 unspecified atom stereocenters. The highest BCUT2D eigenvalue weighted by Crippen LogP contribution is 2.22. The largest absolute Gasteiger partial charge is 0.353 e. The highest BCUT2D eigenvalue weighted by atomic mass is 32.2. The third-order valence-corrected chi connectivity index (χ3v) is 3.31. The first kappa shape index (κ1) is 13.1. The molecule has 16 heavy (non-hydrogen) atoms. The van der Waals surface area contributed by atoms with Crippen LogP contribution in [0.2, 0.25) is 0 Å². The standard InChI is InChI=1S/C13H19NOS/c1-9(2)14-13(15)8-16-12-6-5-10(3)7-11(12)4/h5-7,9H,8H2,1-4H3,(H,14,15). The summed E-state index contributed by atoms with van der Waals surface area (Å²) in [5.74, 6) is 0.585. The van der Waals surface area contributed by atoms with Gasteiger partial charge in [-0.3, -0.25) is 4.79 Å². The number of aryl methyl sites for hydroxylation is 2. The predicted octanol–water partition coefficient (Wildman–Crippen LogP) is 2.92. The molecule has 0 aliphatic carbocycles. The summed E-state index contributed by atoms with van der Waals surface area (Å²) in [5.41, 5.74) is 2.50. The van der Waals surface area contributed by atoms with E-state index in [0.29, 0.717) is 5.75 Å². The fourth-order valence-electron chi connectivity index (χ4n) is 1.47. The quantitative estimate of drug-likeness (QED) is 0.816. The Hall–Kier alpha value is -0.960. The molecule has 0 aromatic heterocycles. The Kier molecular flexibility index (Phi) is 4.87. The molecule has 0 spiro atoms. The van der Waals surface area contributed by atoms with Gasteiger partial charge in [-0.25, -0.2) is 0 Å². The Bertz CT molecular complexity index is 374. The van der Waals surface area contributed by atoms with Gasteiger partial charge in [-0.2, -0.15) is 0 Å². The molecule has 0 aliphatic heterocycles. The van der Waals surface area contributed by atoms with Gasteiger partial charge < -0.3 is 5.32 Å². The highest BCUT2D eigenvalue weighted by Gasteiger charge is 2.05. The molecule has 1 rings (SSSR count). The van der Waals surface area contributed by atoms with Crippen LogP contribution in [-0.2, 0) is 4.79 Å². The number of hydrogen-bond donors (Lipinski definition) is 1. The summed E-state index contributed by atoms with van der Waals surface area (Å²) in [6.07, 6.45) is 0. The normalized spacial score (nSPS) is 10.6. The van der Waals surface area contributed by atoms with Crippen molar-refractivity contribution in [3.05, 3.63) is 29.3 Å². The van der Waals surface area contributed by atoms with Crippen molar-refractivity contribution in [2.45, 2.75) is 38.6 Å². The van der Waals surface area contributed by atoms with E-state index < -0.39 is 0 Å². The molecule has 0 heterocycles. The number of carbonyl (C=O) groups excluding carboxylic acids is 1. The van der Waals surface area contributed by atoms with E-state index in [9.17, 15) is 4.79 Å². The molecule has 1 amide bonds. The molecule has 0 aliphatic rings. The summed E-state index contributed by atoms with van der Waals surface area (Å²) in [6, 6.07) is 6.52. The Morgan fingerprint density at radius 2 is 2.06 bits per heavy atom. The molecule has 1 aromatic rings. The minimum Gasteiger partial charge on any atom is -0.353 e. The van der Waals surface area contributed by atoms with Crippen LogP contribution in [0.4, 0.5) is 0 Å². The second kappa shape index (κ2) is 5.94. The zero-order valence-electron chi connectivity index (χ0n) is 10.3. The molecule has 0 bridgehead atoms. The number of hydrogen-bond acceptors (Lipinski definition) is 2. The van der Waals surface area contributed by atoms with Gasteiger partial charge in [-0.05, 0) is 39.3 Å². The van der Waals surface area contributed by atoms with Crippen molar-refractivity contribution >= 4 is 17.7 Å². The van der Waals surface area contributed by atoms with Crippen LogP contribution in [0.15, 0.2) is 23.1 Å². The van der Waals surface area contributed by atoms with Crippen molar-refractivity contribution in [3.63, 3.8) is 0 Å². The zero-order valence-corrected chi connectivity index (χ0v) is 11.1. The maximum Gasteiger partial charge on any atom is 0.230 e. The van der Waals surface area contributed by atoms with Gasteiger partial charge in [0.05, 0.1) is 5.75 Å². The summed E-state index contributed by atoms with van der Waals surface area (Å²) >= 11 is 1.59. The minimum absolute atomic E-state index is 0.0972. The molecule has 88 valence electrons.